The van der Waals surface area contributed by atoms with E-state index in [2.05, 4.69) is 28.2 Å². The van der Waals surface area contributed by atoms with Crippen molar-refractivity contribution in [2.75, 3.05) is 24.7 Å². The van der Waals surface area contributed by atoms with Crippen LogP contribution in [0.5, 0.6) is 5.88 Å². The van der Waals surface area contributed by atoms with E-state index in [1.807, 2.05) is 53.3 Å². The Morgan fingerprint density at radius 2 is 2.02 bits per heavy atom. The van der Waals surface area contributed by atoms with Gasteiger partial charge in [-0.25, -0.2) is 9.97 Å². The second-order valence-corrected chi connectivity index (χ2v) is 11.6. The molecule has 5 heterocycles. The molecular formula is C30H28FN5O3S. The highest BCUT2D eigenvalue weighted by molar-refractivity contribution is 7.15. The Labute approximate surface area is 235 Å². The largest absolute Gasteiger partial charge is 0.470 e. The molecule has 40 heavy (non-hydrogen) atoms. The summed E-state index contributed by atoms with van der Waals surface area (Å²) in [5, 5.41) is 1.00. The van der Waals surface area contributed by atoms with Gasteiger partial charge in [-0.15, -0.1) is 11.3 Å². The third-order valence-electron chi connectivity index (χ3n) is 7.82. The number of aromatic nitrogens is 3. The summed E-state index contributed by atoms with van der Waals surface area (Å²) in [4.78, 5) is 30.8. The normalized spacial score (nSPS) is 21.8. The summed E-state index contributed by atoms with van der Waals surface area (Å²) in [6, 6.07) is 16.0. The average molecular weight is 558 g/mol. The van der Waals surface area contributed by atoms with Crippen LogP contribution in [-0.2, 0) is 15.1 Å². The number of rotatable bonds is 7. The molecule has 3 saturated heterocycles. The van der Waals surface area contributed by atoms with Gasteiger partial charge in [0, 0.05) is 24.8 Å². The van der Waals surface area contributed by atoms with E-state index in [0.29, 0.717) is 32.0 Å². The lowest BCUT2D eigenvalue weighted by atomic mass is 9.85. The zero-order valence-electron chi connectivity index (χ0n) is 22.0. The molecule has 0 N–H and O–H groups in total. The Balaban J connectivity index is 1.27. The molecule has 7 rings (SSSR count). The summed E-state index contributed by atoms with van der Waals surface area (Å²) in [5.74, 6) is -0.178. The third kappa shape index (κ3) is 4.31. The topological polar surface area (TPSA) is 80.7 Å². The molecule has 3 aliphatic heterocycles. The minimum absolute atomic E-state index is 0.0863. The first-order valence-corrected chi connectivity index (χ1v) is 14.3. The van der Waals surface area contributed by atoms with Crippen molar-refractivity contribution in [1.29, 1.82) is 0 Å². The smallest absolute Gasteiger partial charge is 0.255 e. The maximum atomic E-state index is 14.7. The minimum atomic E-state index is -0.611. The molecule has 2 unspecified atom stereocenters. The standard InChI is InChI=1S/C30H28FN5O3S/c1-19-12-20(25-17-32-28(40-25)30-9-5-10-35(30)26(37)15-30)14-22(13-19)36(21-6-3-2-4-7-21)29-33-16-24(31)27(34-29)39-23-8-11-38-18-23/h2-4,6-7,12-14,16-17,23H,5,8-11,15,18H2,1H3. The number of amides is 1. The van der Waals surface area contributed by atoms with Crippen molar-refractivity contribution in [3.63, 3.8) is 0 Å². The number of para-hydroxylation sites is 1. The van der Waals surface area contributed by atoms with E-state index in [4.69, 9.17) is 14.5 Å². The van der Waals surface area contributed by atoms with Gasteiger partial charge in [-0.1, -0.05) is 24.3 Å². The van der Waals surface area contributed by atoms with Gasteiger partial charge in [0.1, 0.15) is 16.7 Å². The monoisotopic (exact) mass is 557 g/mol. The number of anilines is 3. The molecular weight excluding hydrogens is 529 g/mol. The van der Waals surface area contributed by atoms with E-state index in [1.54, 1.807) is 11.3 Å². The first-order chi connectivity index (χ1) is 19.5. The van der Waals surface area contributed by atoms with Crippen LogP contribution in [0.1, 0.15) is 36.3 Å². The van der Waals surface area contributed by atoms with Crippen LogP contribution in [0.4, 0.5) is 21.7 Å². The fourth-order valence-corrected chi connectivity index (χ4v) is 7.02. The molecule has 0 saturated carbocycles. The molecule has 3 fully saturated rings. The summed E-state index contributed by atoms with van der Waals surface area (Å²) in [6.45, 7) is 3.85. The SMILES string of the molecule is Cc1cc(-c2cnc(C34CCCN3C(=O)C4)s2)cc(N(c2ccccc2)c2ncc(F)c(OC3CCOC3)n2)c1. The molecule has 8 nitrogen and oxygen atoms in total. The van der Waals surface area contributed by atoms with Gasteiger partial charge >= 0.3 is 0 Å². The van der Waals surface area contributed by atoms with Crippen molar-refractivity contribution in [2.45, 2.75) is 44.2 Å². The first-order valence-electron chi connectivity index (χ1n) is 13.5. The quantitative estimate of drug-likeness (QED) is 0.262. The van der Waals surface area contributed by atoms with Gasteiger partial charge in [-0.3, -0.25) is 9.69 Å². The number of halogens is 1. The molecule has 0 bridgehead atoms. The molecule has 2 atom stereocenters. The molecule has 2 aromatic carbocycles. The Morgan fingerprint density at radius 1 is 1.15 bits per heavy atom. The van der Waals surface area contributed by atoms with Crippen LogP contribution in [0.15, 0.2) is 60.9 Å². The van der Waals surface area contributed by atoms with Crippen molar-refractivity contribution in [3.8, 4) is 16.3 Å². The number of aryl methyl sites for hydroxylation is 1. The molecule has 0 aliphatic carbocycles. The number of β-lactam (4-membered cyclic amide) rings is 1. The number of carbonyl (C=O) groups excluding carboxylic acids is 1. The van der Waals surface area contributed by atoms with Crippen LogP contribution < -0.4 is 9.64 Å². The van der Waals surface area contributed by atoms with E-state index < -0.39 is 5.82 Å². The van der Waals surface area contributed by atoms with Crippen LogP contribution in [0.25, 0.3) is 10.4 Å². The highest BCUT2D eigenvalue weighted by atomic mass is 32.1. The van der Waals surface area contributed by atoms with Gasteiger partial charge in [0.25, 0.3) is 5.88 Å². The minimum Gasteiger partial charge on any atom is -0.470 e. The summed E-state index contributed by atoms with van der Waals surface area (Å²) in [6.07, 6.45) is 6.03. The van der Waals surface area contributed by atoms with Crippen molar-refractivity contribution in [1.82, 2.24) is 19.9 Å². The fraction of sp³-hybridized carbons (Fsp3) is 0.333. The second kappa shape index (κ2) is 9.94. The van der Waals surface area contributed by atoms with Crippen LogP contribution >= 0.6 is 11.3 Å². The number of hydrogen-bond acceptors (Lipinski definition) is 8. The molecule has 2 aromatic heterocycles. The predicted octanol–water partition coefficient (Wildman–Crippen LogP) is 5.91. The first kappa shape index (κ1) is 25.1. The number of nitrogens with zero attached hydrogens (tertiary/aromatic N) is 5. The lowest BCUT2D eigenvalue weighted by Gasteiger charge is -2.45. The summed E-state index contributed by atoms with van der Waals surface area (Å²) >= 11 is 1.65. The van der Waals surface area contributed by atoms with Crippen LogP contribution in [0, 0.1) is 12.7 Å². The van der Waals surface area contributed by atoms with Gasteiger partial charge in [-0.2, -0.15) is 9.37 Å². The van der Waals surface area contributed by atoms with E-state index in [1.165, 1.54) is 0 Å². The van der Waals surface area contributed by atoms with Crippen molar-refractivity contribution in [3.05, 3.63) is 77.3 Å². The summed E-state index contributed by atoms with van der Waals surface area (Å²) in [7, 11) is 0. The predicted molar refractivity (Wildman–Crippen MR) is 150 cm³/mol. The van der Waals surface area contributed by atoms with Gasteiger partial charge in [0.2, 0.25) is 17.7 Å². The Hall–Kier alpha value is -3.89. The highest BCUT2D eigenvalue weighted by Crippen LogP contribution is 2.51. The number of benzene rings is 2. The lowest BCUT2D eigenvalue weighted by Crippen LogP contribution is -2.57. The lowest BCUT2D eigenvalue weighted by molar-refractivity contribution is -0.153. The Kier molecular flexibility index (Phi) is 6.24. The second-order valence-electron chi connectivity index (χ2n) is 10.5. The number of ether oxygens (including phenoxy) is 2. The zero-order chi connectivity index (χ0) is 27.3. The van der Waals surface area contributed by atoms with Crippen molar-refractivity contribution in [2.24, 2.45) is 0 Å². The van der Waals surface area contributed by atoms with E-state index in [-0.39, 0.29) is 23.4 Å². The molecule has 0 spiro atoms. The number of hydrogen-bond donors (Lipinski definition) is 0. The van der Waals surface area contributed by atoms with Gasteiger partial charge in [0.05, 0.1) is 36.4 Å². The molecule has 4 aromatic rings. The molecule has 10 heteroatoms. The average Bonchev–Trinajstić information content (AvgIpc) is 3.71. The van der Waals surface area contributed by atoms with E-state index in [9.17, 15) is 9.18 Å². The van der Waals surface area contributed by atoms with Crippen molar-refractivity contribution >= 4 is 34.6 Å². The van der Waals surface area contributed by atoms with Crippen molar-refractivity contribution < 1.29 is 18.7 Å². The zero-order valence-corrected chi connectivity index (χ0v) is 22.9. The van der Waals surface area contributed by atoms with E-state index >= 15 is 0 Å². The molecule has 204 valence electrons. The van der Waals surface area contributed by atoms with Gasteiger partial charge in [-0.05, 0) is 55.2 Å². The highest BCUT2D eigenvalue weighted by Gasteiger charge is 2.56. The molecule has 1 amide bonds. The van der Waals surface area contributed by atoms with Gasteiger partial charge < -0.3 is 14.4 Å². The third-order valence-corrected chi connectivity index (χ3v) is 9.06. The fourth-order valence-electron chi connectivity index (χ4n) is 5.89. The number of thiazole rings is 1. The number of carbonyl (C=O) groups is 1. The van der Waals surface area contributed by atoms with E-state index in [0.717, 1.165) is 58.0 Å². The Bertz CT molecular complexity index is 1570. The van der Waals surface area contributed by atoms with Crippen LogP contribution in [-0.4, -0.2) is 51.6 Å². The summed E-state index contributed by atoms with van der Waals surface area (Å²) in [5.41, 5.74) is 3.49. The summed E-state index contributed by atoms with van der Waals surface area (Å²) < 4.78 is 26.0. The van der Waals surface area contributed by atoms with Crippen LogP contribution in [0.2, 0.25) is 0 Å². The van der Waals surface area contributed by atoms with Gasteiger partial charge in [0.15, 0.2) is 0 Å². The number of fused-ring (bicyclic) bond motifs is 1. The molecule has 3 aliphatic rings. The Morgan fingerprint density at radius 3 is 2.83 bits per heavy atom. The maximum absolute atomic E-state index is 14.7. The van der Waals surface area contributed by atoms with Crippen LogP contribution in [0.3, 0.4) is 0 Å². The maximum Gasteiger partial charge on any atom is 0.255 e. The molecule has 0 radical (unpaired) electrons.